The van der Waals surface area contributed by atoms with Crippen LogP contribution in [-0.4, -0.2) is 50.4 Å². The van der Waals surface area contributed by atoms with Gasteiger partial charge in [0.05, 0.1) is 25.1 Å². The zero-order valence-electron chi connectivity index (χ0n) is 19.8. The van der Waals surface area contributed by atoms with E-state index in [0.29, 0.717) is 18.6 Å². The Labute approximate surface area is 200 Å². The van der Waals surface area contributed by atoms with E-state index in [9.17, 15) is 18.0 Å². The van der Waals surface area contributed by atoms with Crippen molar-refractivity contribution in [3.63, 3.8) is 0 Å². The number of sulfonamides is 1. The summed E-state index contributed by atoms with van der Waals surface area (Å²) < 4.78 is 32.8. The molecule has 0 bridgehead atoms. The molecule has 0 spiro atoms. The monoisotopic (exact) mass is 495 g/mol. The number of amides is 2. The first-order valence-corrected chi connectivity index (χ1v) is 13.1. The second-order valence-electron chi connectivity index (χ2n) is 8.64. The second-order valence-corrected chi connectivity index (χ2v) is 11.4. The third-order valence-electron chi connectivity index (χ3n) is 4.75. The van der Waals surface area contributed by atoms with Crippen LogP contribution < -0.4 is 14.8 Å². The molecule has 10 heteroatoms. The molecule has 0 unspecified atom stereocenters. The van der Waals surface area contributed by atoms with Gasteiger partial charge in [-0.05, 0) is 62.9 Å². The number of nitrogens with zero attached hydrogens (tertiary/aromatic N) is 1. The van der Waals surface area contributed by atoms with Crippen LogP contribution in [-0.2, 0) is 26.2 Å². The maximum atomic E-state index is 13.2. The SMILES string of the molecule is CCC[C@@H](C(=O)NC(C)(C)C)N(Cc1cccs1)C(=O)CNS(=O)(=O)c1ccc(OC)cc1. The minimum absolute atomic E-state index is 0.0245. The van der Waals surface area contributed by atoms with E-state index in [1.165, 1.54) is 47.6 Å². The summed E-state index contributed by atoms with van der Waals surface area (Å²) in [5.41, 5.74) is -0.462. The third-order valence-corrected chi connectivity index (χ3v) is 7.03. The van der Waals surface area contributed by atoms with Crippen molar-refractivity contribution in [2.75, 3.05) is 13.7 Å². The molecule has 0 radical (unpaired) electrons. The first-order valence-electron chi connectivity index (χ1n) is 10.7. The summed E-state index contributed by atoms with van der Waals surface area (Å²) in [7, 11) is -2.42. The number of benzene rings is 1. The molecule has 0 aliphatic carbocycles. The number of thiophene rings is 1. The highest BCUT2D eigenvalue weighted by molar-refractivity contribution is 7.89. The largest absolute Gasteiger partial charge is 0.497 e. The van der Waals surface area contributed by atoms with E-state index >= 15 is 0 Å². The number of ether oxygens (including phenoxy) is 1. The lowest BCUT2D eigenvalue weighted by atomic mass is 10.0. The molecule has 1 aromatic heterocycles. The lowest BCUT2D eigenvalue weighted by Gasteiger charge is -2.33. The Kier molecular flexibility index (Phi) is 9.45. The van der Waals surface area contributed by atoms with Crippen LogP contribution in [0.15, 0.2) is 46.7 Å². The Morgan fingerprint density at radius 2 is 1.82 bits per heavy atom. The summed E-state index contributed by atoms with van der Waals surface area (Å²) in [6.45, 7) is 7.34. The molecule has 0 fully saturated rings. The fraction of sp³-hybridized carbons (Fsp3) is 0.478. The van der Waals surface area contributed by atoms with Crippen molar-refractivity contribution < 1.29 is 22.7 Å². The number of methoxy groups -OCH3 is 1. The van der Waals surface area contributed by atoms with Crippen LogP contribution in [0, 0.1) is 0 Å². The Hall–Kier alpha value is -2.43. The van der Waals surface area contributed by atoms with Gasteiger partial charge in [0, 0.05) is 10.4 Å². The molecule has 1 aromatic carbocycles. The van der Waals surface area contributed by atoms with E-state index in [1.807, 2.05) is 45.2 Å². The maximum absolute atomic E-state index is 13.2. The number of carbonyl (C=O) groups is 2. The van der Waals surface area contributed by atoms with E-state index < -0.39 is 34.1 Å². The van der Waals surface area contributed by atoms with Crippen LogP contribution in [0.25, 0.3) is 0 Å². The van der Waals surface area contributed by atoms with Crippen molar-refractivity contribution in [1.29, 1.82) is 0 Å². The van der Waals surface area contributed by atoms with Gasteiger partial charge in [0.2, 0.25) is 21.8 Å². The van der Waals surface area contributed by atoms with Gasteiger partial charge in [0.15, 0.2) is 0 Å². The van der Waals surface area contributed by atoms with Gasteiger partial charge in [-0.3, -0.25) is 9.59 Å². The highest BCUT2D eigenvalue weighted by Crippen LogP contribution is 2.19. The quantitative estimate of drug-likeness (QED) is 0.498. The first-order chi connectivity index (χ1) is 15.5. The maximum Gasteiger partial charge on any atom is 0.243 e. The normalized spacial score (nSPS) is 12.8. The molecule has 2 rings (SSSR count). The van der Waals surface area contributed by atoms with Crippen LogP contribution in [0.5, 0.6) is 5.75 Å². The summed E-state index contributed by atoms with van der Waals surface area (Å²) in [6.07, 6.45) is 1.15. The summed E-state index contributed by atoms with van der Waals surface area (Å²) >= 11 is 1.48. The molecule has 33 heavy (non-hydrogen) atoms. The number of nitrogens with one attached hydrogen (secondary N) is 2. The fourth-order valence-corrected chi connectivity index (χ4v) is 4.87. The van der Waals surface area contributed by atoms with Crippen molar-refractivity contribution in [2.24, 2.45) is 0 Å². The Balaban J connectivity index is 2.23. The fourth-order valence-electron chi connectivity index (χ4n) is 3.19. The predicted octanol–water partition coefficient (Wildman–Crippen LogP) is 3.15. The average Bonchev–Trinajstić information content (AvgIpc) is 3.26. The van der Waals surface area contributed by atoms with Crippen molar-refractivity contribution in [3.8, 4) is 5.75 Å². The van der Waals surface area contributed by atoms with Crippen LogP contribution in [0.3, 0.4) is 0 Å². The molecular formula is C23H33N3O5S2. The first kappa shape index (κ1) is 26.8. The second kappa shape index (κ2) is 11.6. The van der Waals surface area contributed by atoms with Gasteiger partial charge in [0.25, 0.3) is 0 Å². The topological polar surface area (TPSA) is 105 Å². The lowest BCUT2D eigenvalue weighted by Crippen LogP contribution is -2.55. The molecular weight excluding hydrogens is 462 g/mol. The molecule has 2 N–H and O–H groups in total. The molecule has 0 saturated carbocycles. The number of hydrogen-bond acceptors (Lipinski definition) is 6. The number of rotatable bonds is 11. The minimum Gasteiger partial charge on any atom is -0.497 e. The Bertz CT molecular complexity index is 1010. The van der Waals surface area contributed by atoms with Gasteiger partial charge >= 0.3 is 0 Å². The van der Waals surface area contributed by atoms with Gasteiger partial charge < -0.3 is 15.0 Å². The van der Waals surface area contributed by atoms with Gasteiger partial charge in [-0.15, -0.1) is 11.3 Å². The molecule has 2 aromatic rings. The van der Waals surface area contributed by atoms with Crippen molar-refractivity contribution in [3.05, 3.63) is 46.7 Å². The average molecular weight is 496 g/mol. The zero-order chi connectivity index (χ0) is 24.6. The van der Waals surface area contributed by atoms with E-state index in [4.69, 9.17) is 4.74 Å². The van der Waals surface area contributed by atoms with Crippen LogP contribution in [0.2, 0.25) is 0 Å². The smallest absolute Gasteiger partial charge is 0.243 e. The summed E-state index contributed by atoms with van der Waals surface area (Å²) in [5.74, 6) is -0.199. The Morgan fingerprint density at radius 1 is 1.15 bits per heavy atom. The molecule has 0 aliphatic rings. The number of carbonyl (C=O) groups excluding carboxylic acids is 2. The Morgan fingerprint density at radius 3 is 2.33 bits per heavy atom. The van der Waals surface area contributed by atoms with E-state index in [0.717, 1.165) is 4.88 Å². The van der Waals surface area contributed by atoms with E-state index in [2.05, 4.69) is 10.0 Å². The van der Waals surface area contributed by atoms with Gasteiger partial charge in [0.1, 0.15) is 11.8 Å². The van der Waals surface area contributed by atoms with E-state index in [1.54, 1.807) is 0 Å². The molecule has 1 heterocycles. The molecule has 8 nitrogen and oxygen atoms in total. The summed E-state index contributed by atoms with van der Waals surface area (Å²) in [5, 5.41) is 4.85. The van der Waals surface area contributed by atoms with Crippen LogP contribution in [0.1, 0.15) is 45.4 Å². The molecule has 0 aliphatic heterocycles. The van der Waals surface area contributed by atoms with Crippen LogP contribution >= 0.6 is 11.3 Å². The highest BCUT2D eigenvalue weighted by atomic mass is 32.2. The highest BCUT2D eigenvalue weighted by Gasteiger charge is 2.32. The third kappa shape index (κ3) is 8.13. The van der Waals surface area contributed by atoms with E-state index in [-0.39, 0.29) is 17.3 Å². The van der Waals surface area contributed by atoms with Crippen molar-refractivity contribution >= 4 is 33.2 Å². The molecule has 2 amide bonds. The van der Waals surface area contributed by atoms with Gasteiger partial charge in [-0.2, -0.15) is 0 Å². The van der Waals surface area contributed by atoms with Gasteiger partial charge in [-0.25, -0.2) is 13.1 Å². The summed E-state index contributed by atoms with van der Waals surface area (Å²) in [6, 6.07) is 8.93. The zero-order valence-corrected chi connectivity index (χ0v) is 21.4. The molecule has 0 saturated heterocycles. The summed E-state index contributed by atoms with van der Waals surface area (Å²) in [4.78, 5) is 28.7. The van der Waals surface area contributed by atoms with Crippen molar-refractivity contribution in [1.82, 2.24) is 14.9 Å². The lowest BCUT2D eigenvalue weighted by molar-refractivity contribution is -0.141. The van der Waals surface area contributed by atoms with Crippen LogP contribution in [0.4, 0.5) is 0 Å². The molecule has 1 atom stereocenters. The number of hydrogen-bond donors (Lipinski definition) is 2. The predicted molar refractivity (Wildman–Crippen MR) is 130 cm³/mol. The minimum atomic E-state index is -3.91. The van der Waals surface area contributed by atoms with Gasteiger partial charge in [-0.1, -0.05) is 19.4 Å². The standard InChI is InChI=1S/C23H33N3O5S2/c1-6-8-20(22(28)25-23(2,3)4)26(16-18-9-7-14-32-18)21(27)15-24-33(29,30)19-12-10-17(31-5)11-13-19/h7,9-14,20,24H,6,8,15-16H2,1-5H3,(H,25,28)/t20-/m0/s1. The molecule has 182 valence electrons. The van der Waals surface area contributed by atoms with Crippen molar-refractivity contribution in [2.45, 2.75) is 63.6 Å².